The third-order valence-corrected chi connectivity index (χ3v) is 4.25. The van der Waals surface area contributed by atoms with Gasteiger partial charge in [0.05, 0.1) is 12.1 Å². The molecule has 0 atom stereocenters. The highest BCUT2D eigenvalue weighted by Gasteiger charge is 2.32. The van der Waals surface area contributed by atoms with Crippen LogP contribution in [0.2, 0.25) is 0 Å². The van der Waals surface area contributed by atoms with Gasteiger partial charge in [-0.3, -0.25) is 9.69 Å². The highest BCUT2D eigenvalue weighted by atomic mass is 19.4. The predicted molar refractivity (Wildman–Crippen MR) is 93.1 cm³/mol. The molecule has 142 valence electrons. The van der Waals surface area contributed by atoms with Gasteiger partial charge in [0.2, 0.25) is 0 Å². The number of aldehydes is 1. The zero-order valence-corrected chi connectivity index (χ0v) is 14.3. The number of urea groups is 1. The van der Waals surface area contributed by atoms with Gasteiger partial charge in [-0.2, -0.15) is 13.2 Å². The molecule has 0 aliphatic carbocycles. The SMILES string of the molecule is O=Cc1ccc(OCCN2CCN(c3ccc(C(F)(F)F)cc3)C2=O)cc1. The summed E-state index contributed by atoms with van der Waals surface area (Å²) >= 11 is 0. The number of rotatable bonds is 6. The molecule has 0 radical (unpaired) electrons. The average Bonchev–Trinajstić information content (AvgIpc) is 3.02. The Balaban J connectivity index is 1.54. The highest BCUT2D eigenvalue weighted by Crippen LogP contribution is 2.31. The van der Waals surface area contributed by atoms with Crippen LogP contribution in [-0.4, -0.2) is 43.5 Å². The van der Waals surface area contributed by atoms with E-state index >= 15 is 0 Å². The average molecular weight is 378 g/mol. The maximum Gasteiger partial charge on any atom is 0.416 e. The third kappa shape index (κ3) is 4.39. The number of hydrogen-bond acceptors (Lipinski definition) is 3. The molecule has 0 bridgehead atoms. The van der Waals surface area contributed by atoms with E-state index in [2.05, 4.69) is 0 Å². The summed E-state index contributed by atoms with van der Waals surface area (Å²) < 4.78 is 43.5. The maximum absolute atomic E-state index is 12.6. The molecule has 0 aromatic heterocycles. The number of nitrogens with zero attached hydrogens (tertiary/aromatic N) is 2. The van der Waals surface area contributed by atoms with Crippen molar-refractivity contribution in [2.45, 2.75) is 6.18 Å². The second kappa shape index (κ2) is 7.69. The second-order valence-corrected chi connectivity index (χ2v) is 6.00. The molecule has 3 rings (SSSR count). The van der Waals surface area contributed by atoms with E-state index in [4.69, 9.17) is 4.74 Å². The topological polar surface area (TPSA) is 49.9 Å². The minimum Gasteiger partial charge on any atom is -0.492 e. The van der Waals surface area contributed by atoms with Gasteiger partial charge in [0, 0.05) is 24.3 Å². The molecule has 2 aromatic rings. The lowest BCUT2D eigenvalue weighted by Gasteiger charge is -2.19. The second-order valence-electron chi connectivity index (χ2n) is 6.00. The molecule has 1 aliphatic rings. The van der Waals surface area contributed by atoms with Crippen molar-refractivity contribution in [3.63, 3.8) is 0 Å². The van der Waals surface area contributed by atoms with Gasteiger partial charge in [-0.15, -0.1) is 0 Å². The van der Waals surface area contributed by atoms with Crippen molar-refractivity contribution in [1.29, 1.82) is 0 Å². The lowest BCUT2D eigenvalue weighted by atomic mass is 10.2. The summed E-state index contributed by atoms with van der Waals surface area (Å²) in [6.45, 7) is 1.49. The molecule has 8 heteroatoms. The predicted octanol–water partition coefficient (Wildman–Crippen LogP) is 3.84. The first-order valence-electron chi connectivity index (χ1n) is 8.30. The molecule has 5 nitrogen and oxygen atoms in total. The number of halogens is 3. The fourth-order valence-corrected chi connectivity index (χ4v) is 2.78. The normalized spacial score (nSPS) is 14.6. The van der Waals surface area contributed by atoms with E-state index in [0.29, 0.717) is 36.6 Å². The number of amides is 2. The summed E-state index contributed by atoms with van der Waals surface area (Å²) in [5.41, 5.74) is 0.230. The van der Waals surface area contributed by atoms with Crippen LogP contribution in [0.4, 0.5) is 23.7 Å². The summed E-state index contributed by atoms with van der Waals surface area (Å²) in [6.07, 6.45) is -3.66. The molecule has 2 amide bonds. The monoisotopic (exact) mass is 378 g/mol. The zero-order valence-electron chi connectivity index (χ0n) is 14.3. The van der Waals surface area contributed by atoms with Crippen LogP contribution in [0.15, 0.2) is 48.5 Å². The first-order chi connectivity index (χ1) is 12.9. The van der Waals surface area contributed by atoms with Gasteiger partial charge in [0.1, 0.15) is 18.6 Å². The maximum atomic E-state index is 12.6. The van der Waals surface area contributed by atoms with Crippen molar-refractivity contribution in [2.75, 3.05) is 31.1 Å². The van der Waals surface area contributed by atoms with Crippen molar-refractivity contribution in [3.8, 4) is 5.75 Å². The molecule has 1 aliphatic heterocycles. The van der Waals surface area contributed by atoms with Crippen molar-refractivity contribution >= 4 is 18.0 Å². The highest BCUT2D eigenvalue weighted by molar-refractivity contribution is 5.94. The fourth-order valence-electron chi connectivity index (χ4n) is 2.78. The van der Waals surface area contributed by atoms with E-state index in [-0.39, 0.29) is 12.6 Å². The molecular formula is C19H17F3N2O3. The van der Waals surface area contributed by atoms with Gasteiger partial charge >= 0.3 is 12.2 Å². The van der Waals surface area contributed by atoms with Crippen LogP contribution in [0.1, 0.15) is 15.9 Å². The Morgan fingerprint density at radius 1 is 1.00 bits per heavy atom. The number of benzene rings is 2. The number of anilines is 1. The third-order valence-electron chi connectivity index (χ3n) is 4.25. The van der Waals surface area contributed by atoms with Crippen molar-refractivity contribution in [3.05, 3.63) is 59.7 Å². The summed E-state index contributed by atoms with van der Waals surface area (Å²) in [6, 6.07) is 10.9. The summed E-state index contributed by atoms with van der Waals surface area (Å²) in [4.78, 5) is 26.1. The van der Waals surface area contributed by atoms with Crippen molar-refractivity contribution < 1.29 is 27.5 Å². The molecule has 0 saturated carbocycles. The first kappa shape index (κ1) is 18.8. The fraction of sp³-hybridized carbons (Fsp3) is 0.263. The quantitative estimate of drug-likeness (QED) is 0.718. The van der Waals surface area contributed by atoms with Crippen LogP contribution >= 0.6 is 0 Å². The van der Waals surface area contributed by atoms with E-state index in [1.54, 1.807) is 29.2 Å². The van der Waals surface area contributed by atoms with Gasteiger partial charge in [-0.1, -0.05) is 0 Å². The molecule has 1 heterocycles. The van der Waals surface area contributed by atoms with E-state index in [0.717, 1.165) is 18.4 Å². The van der Waals surface area contributed by atoms with Crippen molar-refractivity contribution in [2.24, 2.45) is 0 Å². The van der Waals surface area contributed by atoms with E-state index < -0.39 is 11.7 Å². The van der Waals surface area contributed by atoms with Gasteiger partial charge in [0.15, 0.2) is 0 Å². The smallest absolute Gasteiger partial charge is 0.416 e. The van der Waals surface area contributed by atoms with E-state index in [1.807, 2.05) is 0 Å². The Morgan fingerprint density at radius 2 is 1.67 bits per heavy atom. The van der Waals surface area contributed by atoms with Gasteiger partial charge in [-0.25, -0.2) is 4.79 Å². The molecule has 1 fully saturated rings. The molecule has 0 spiro atoms. The number of hydrogen-bond donors (Lipinski definition) is 0. The molecular weight excluding hydrogens is 361 g/mol. The Morgan fingerprint density at radius 3 is 2.26 bits per heavy atom. The minimum atomic E-state index is -4.40. The van der Waals surface area contributed by atoms with Gasteiger partial charge in [0.25, 0.3) is 0 Å². The number of carbonyl (C=O) groups excluding carboxylic acids is 2. The standard InChI is InChI=1S/C19H17F3N2O3/c20-19(21,22)15-3-5-16(6-4-15)24-10-9-23(18(24)26)11-12-27-17-7-1-14(13-25)2-8-17/h1-8,13H,9-12H2. The number of ether oxygens (including phenoxy) is 1. The van der Waals surface area contributed by atoms with E-state index in [1.165, 1.54) is 17.0 Å². The summed E-state index contributed by atoms with van der Waals surface area (Å²) in [5.74, 6) is 0.590. The van der Waals surface area contributed by atoms with Crippen LogP contribution in [0, 0.1) is 0 Å². The Hall–Kier alpha value is -3.03. The summed E-state index contributed by atoms with van der Waals surface area (Å²) in [7, 11) is 0. The molecule has 0 N–H and O–H groups in total. The molecule has 1 saturated heterocycles. The number of carbonyl (C=O) groups is 2. The zero-order chi connectivity index (χ0) is 19.4. The first-order valence-corrected chi connectivity index (χ1v) is 8.30. The Labute approximate surface area is 153 Å². The van der Waals surface area contributed by atoms with Crippen LogP contribution in [-0.2, 0) is 6.18 Å². The minimum absolute atomic E-state index is 0.269. The molecule has 0 unspecified atom stereocenters. The molecule has 27 heavy (non-hydrogen) atoms. The molecule has 2 aromatic carbocycles. The Bertz CT molecular complexity index is 804. The lowest BCUT2D eigenvalue weighted by molar-refractivity contribution is -0.137. The largest absolute Gasteiger partial charge is 0.492 e. The Kier molecular flexibility index (Phi) is 5.34. The van der Waals surface area contributed by atoms with E-state index in [9.17, 15) is 22.8 Å². The van der Waals surface area contributed by atoms with Crippen LogP contribution < -0.4 is 9.64 Å². The number of alkyl halides is 3. The van der Waals surface area contributed by atoms with Gasteiger partial charge in [-0.05, 0) is 48.5 Å². The lowest BCUT2D eigenvalue weighted by Crippen LogP contribution is -2.34. The van der Waals surface area contributed by atoms with Crippen molar-refractivity contribution in [1.82, 2.24) is 4.90 Å². The van der Waals surface area contributed by atoms with Crippen LogP contribution in [0.3, 0.4) is 0 Å². The van der Waals surface area contributed by atoms with Gasteiger partial charge < -0.3 is 9.64 Å². The summed E-state index contributed by atoms with van der Waals surface area (Å²) in [5, 5.41) is 0. The van der Waals surface area contributed by atoms with Crippen LogP contribution in [0.25, 0.3) is 0 Å². The van der Waals surface area contributed by atoms with Crippen LogP contribution in [0.5, 0.6) is 5.75 Å².